The third-order valence-corrected chi connectivity index (χ3v) is 4.92. The molecule has 0 saturated heterocycles. The Labute approximate surface area is 153 Å². The molecule has 2 aromatic rings. The highest BCUT2D eigenvalue weighted by molar-refractivity contribution is 5.78. The highest BCUT2D eigenvalue weighted by Crippen LogP contribution is 2.20. The van der Waals surface area contributed by atoms with E-state index in [4.69, 9.17) is 4.74 Å². The fraction of sp³-hybridized carbons (Fsp3) is 0.550. The van der Waals surface area contributed by atoms with Crippen molar-refractivity contribution in [2.45, 2.75) is 64.6 Å². The number of para-hydroxylation sites is 1. The molecule has 140 valence electrons. The molecule has 1 fully saturated rings. The minimum Gasteiger partial charge on any atom is -0.368 e. The van der Waals surface area contributed by atoms with Crippen LogP contribution in [0.3, 0.4) is 0 Å². The first-order chi connectivity index (χ1) is 12.5. The van der Waals surface area contributed by atoms with Gasteiger partial charge in [-0.05, 0) is 38.8 Å². The van der Waals surface area contributed by atoms with Crippen LogP contribution in [0.2, 0.25) is 0 Å². The Morgan fingerprint density at radius 3 is 2.73 bits per heavy atom. The second kappa shape index (κ2) is 8.45. The standard InChI is InChI=1S/C20H27N3O3/c1-14(2)23(19(24)13-26-15-8-4-3-5-9-15)12-18-21-17-11-7-6-10-16(17)20(25)22-18/h6-7,10-11,14-15H,3-5,8-9,12-13H2,1-2H3,(H,21,22,25). The lowest BCUT2D eigenvalue weighted by Gasteiger charge is -2.28. The predicted octanol–water partition coefficient (Wildman–Crippen LogP) is 3.01. The van der Waals surface area contributed by atoms with Gasteiger partial charge in [0.2, 0.25) is 5.91 Å². The zero-order valence-corrected chi connectivity index (χ0v) is 15.5. The zero-order valence-electron chi connectivity index (χ0n) is 15.5. The van der Waals surface area contributed by atoms with E-state index in [9.17, 15) is 9.59 Å². The number of hydrogen-bond donors (Lipinski definition) is 1. The summed E-state index contributed by atoms with van der Waals surface area (Å²) < 4.78 is 5.82. The van der Waals surface area contributed by atoms with Gasteiger partial charge in [0.15, 0.2) is 0 Å². The highest BCUT2D eigenvalue weighted by atomic mass is 16.5. The van der Waals surface area contributed by atoms with Gasteiger partial charge in [0.1, 0.15) is 12.4 Å². The molecule has 0 aliphatic heterocycles. The molecule has 1 amide bonds. The van der Waals surface area contributed by atoms with Gasteiger partial charge in [-0.1, -0.05) is 31.4 Å². The molecule has 1 aliphatic carbocycles. The Hall–Kier alpha value is -2.21. The van der Waals surface area contributed by atoms with Crippen molar-refractivity contribution in [1.82, 2.24) is 14.9 Å². The van der Waals surface area contributed by atoms with Gasteiger partial charge < -0.3 is 14.6 Å². The maximum absolute atomic E-state index is 12.7. The summed E-state index contributed by atoms with van der Waals surface area (Å²) in [5.74, 6) is 0.426. The van der Waals surface area contributed by atoms with E-state index in [0.717, 1.165) is 12.8 Å². The Bertz CT molecular complexity index is 809. The molecule has 26 heavy (non-hydrogen) atoms. The van der Waals surface area contributed by atoms with E-state index in [1.165, 1.54) is 19.3 Å². The summed E-state index contributed by atoms with van der Waals surface area (Å²) in [5, 5.41) is 0.555. The Balaban J connectivity index is 1.69. The quantitative estimate of drug-likeness (QED) is 0.862. The summed E-state index contributed by atoms with van der Waals surface area (Å²) in [6.07, 6.45) is 5.88. The number of carbonyl (C=O) groups is 1. The predicted molar refractivity (Wildman–Crippen MR) is 101 cm³/mol. The van der Waals surface area contributed by atoms with Gasteiger partial charge in [-0.3, -0.25) is 9.59 Å². The number of nitrogens with one attached hydrogen (secondary N) is 1. The average Bonchev–Trinajstić information content (AvgIpc) is 2.65. The average molecular weight is 357 g/mol. The molecule has 0 radical (unpaired) electrons. The van der Waals surface area contributed by atoms with Crippen LogP contribution in [0, 0.1) is 0 Å². The molecule has 0 bridgehead atoms. The first-order valence-electron chi connectivity index (χ1n) is 9.43. The number of amides is 1. The van der Waals surface area contributed by atoms with Gasteiger partial charge in [-0.2, -0.15) is 0 Å². The fourth-order valence-electron chi connectivity index (χ4n) is 3.43. The van der Waals surface area contributed by atoms with Crippen molar-refractivity contribution in [3.63, 3.8) is 0 Å². The van der Waals surface area contributed by atoms with Crippen molar-refractivity contribution in [3.8, 4) is 0 Å². The van der Waals surface area contributed by atoms with Crippen molar-refractivity contribution in [2.75, 3.05) is 6.61 Å². The van der Waals surface area contributed by atoms with Gasteiger partial charge in [0.25, 0.3) is 5.56 Å². The van der Waals surface area contributed by atoms with Gasteiger partial charge in [0.05, 0.1) is 23.6 Å². The number of hydrogen-bond acceptors (Lipinski definition) is 4. The lowest BCUT2D eigenvalue weighted by molar-refractivity contribution is -0.141. The van der Waals surface area contributed by atoms with E-state index in [2.05, 4.69) is 9.97 Å². The number of rotatable bonds is 6. The molecular formula is C20H27N3O3. The summed E-state index contributed by atoms with van der Waals surface area (Å²) in [6, 6.07) is 7.21. The summed E-state index contributed by atoms with van der Waals surface area (Å²) in [6.45, 7) is 4.26. The molecular weight excluding hydrogens is 330 g/mol. The molecule has 1 heterocycles. The third kappa shape index (κ3) is 4.49. The number of aromatic nitrogens is 2. The van der Waals surface area contributed by atoms with Gasteiger partial charge in [0, 0.05) is 6.04 Å². The number of benzene rings is 1. The topological polar surface area (TPSA) is 75.3 Å². The molecule has 6 heteroatoms. The summed E-state index contributed by atoms with van der Waals surface area (Å²) >= 11 is 0. The zero-order chi connectivity index (χ0) is 18.5. The van der Waals surface area contributed by atoms with Crippen LogP contribution in [0.1, 0.15) is 51.8 Å². The number of ether oxygens (including phenoxy) is 1. The number of H-pyrrole nitrogens is 1. The molecule has 0 atom stereocenters. The van der Waals surface area contributed by atoms with Crippen LogP contribution in [0.4, 0.5) is 0 Å². The lowest BCUT2D eigenvalue weighted by atomic mass is 9.98. The van der Waals surface area contributed by atoms with E-state index < -0.39 is 0 Å². The minimum absolute atomic E-state index is 0.00534. The molecule has 0 spiro atoms. The second-order valence-corrected chi connectivity index (χ2v) is 7.22. The summed E-state index contributed by atoms with van der Waals surface area (Å²) in [4.78, 5) is 33.9. The van der Waals surface area contributed by atoms with Crippen LogP contribution in [-0.2, 0) is 16.1 Å². The van der Waals surface area contributed by atoms with Crippen LogP contribution < -0.4 is 5.56 Å². The molecule has 6 nitrogen and oxygen atoms in total. The minimum atomic E-state index is -0.180. The Morgan fingerprint density at radius 2 is 2.00 bits per heavy atom. The smallest absolute Gasteiger partial charge is 0.258 e. The van der Waals surface area contributed by atoms with Gasteiger partial charge >= 0.3 is 0 Å². The summed E-state index contributed by atoms with van der Waals surface area (Å²) in [5.41, 5.74) is 0.459. The summed E-state index contributed by atoms with van der Waals surface area (Å²) in [7, 11) is 0. The molecule has 1 aromatic carbocycles. The Kier molecular flexibility index (Phi) is 6.04. The normalized spacial score (nSPS) is 15.5. The first kappa shape index (κ1) is 18.6. The van der Waals surface area contributed by atoms with Crippen molar-refractivity contribution < 1.29 is 9.53 Å². The van der Waals surface area contributed by atoms with Crippen LogP contribution in [-0.4, -0.2) is 39.5 Å². The Morgan fingerprint density at radius 1 is 1.27 bits per heavy atom. The third-order valence-electron chi connectivity index (χ3n) is 4.92. The molecule has 3 rings (SSSR count). The van der Waals surface area contributed by atoms with Crippen LogP contribution in [0.5, 0.6) is 0 Å². The fourth-order valence-corrected chi connectivity index (χ4v) is 3.43. The van der Waals surface area contributed by atoms with Crippen molar-refractivity contribution in [2.24, 2.45) is 0 Å². The number of nitrogens with zero attached hydrogens (tertiary/aromatic N) is 2. The maximum atomic E-state index is 12.7. The molecule has 1 N–H and O–H groups in total. The van der Waals surface area contributed by atoms with E-state index in [0.29, 0.717) is 16.7 Å². The van der Waals surface area contributed by atoms with E-state index >= 15 is 0 Å². The highest BCUT2D eigenvalue weighted by Gasteiger charge is 2.21. The molecule has 1 aromatic heterocycles. The van der Waals surface area contributed by atoms with Crippen molar-refractivity contribution in [3.05, 3.63) is 40.4 Å². The van der Waals surface area contributed by atoms with Crippen LogP contribution in [0.25, 0.3) is 10.9 Å². The molecule has 1 aliphatic rings. The largest absolute Gasteiger partial charge is 0.368 e. The van der Waals surface area contributed by atoms with Gasteiger partial charge in [-0.15, -0.1) is 0 Å². The number of carbonyl (C=O) groups excluding carboxylic acids is 1. The maximum Gasteiger partial charge on any atom is 0.258 e. The SMILES string of the molecule is CC(C)N(Cc1nc2ccccc2c(=O)[nH]1)C(=O)COC1CCCCC1. The van der Waals surface area contributed by atoms with Gasteiger partial charge in [-0.25, -0.2) is 4.98 Å². The number of fused-ring (bicyclic) bond motifs is 1. The first-order valence-corrected chi connectivity index (χ1v) is 9.43. The second-order valence-electron chi connectivity index (χ2n) is 7.22. The monoisotopic (exact) mass is 357 g/mol. The van der Waals surface area contributed by atoms with E-state index in [1.54, 1.807) is 11.0 Å². The van der Waals surface area contributed by atoms with Crippen LogP contribution in [0.15, 0.2) is 29.1 Å². The molecule has 1 saturated carbocycles. The van der Waals surface area contributed by atoms with Crippen molar-refractivity contribution >= 4 is 16.8 Å². The molecule has 0 unspecified atom stereocenters. The van der Waals surface area contributed by atoms with Crippen LogP contribution >= 0.6 is 0 Å². The van der Waals surface area contributed by atoms with E-state index in [-0.39, 0.29) is 36.8 Å². The van der Waals surface area contributed by atoms with Crippen molar-refractivity contribution in [1.29, 1.82) is 0 Å². The lowest BCUT2D eigenvalue weighted by Crippen LogP contribution is -2.40. The van der Waals surface area contributed by atoms with E-state index in [1.807, 2.05) is 32.0 Å². The number of aromatic amines is 1.